The number of hydrogen-bond donors (Lipinski definition) is 1. The number of amides is 2. The second kappa shape index (κ2) is 5.11. The minimum Gasteiger partial charge on any atom is -0.372 e. The lowest BCUT2D eigenvalue weighted by Crippen LogP contribution is -2.58. The van der Waals surface area contributed by atoms with Gasteiger partial charge in [0.25, 0.3) is 5.91 Å². The van der Waals surface area contributed by atoms with Crippen molar-refractivity contribution in [3.63, 3.8) is 0 Å². The summed E-state index contributed by atoms with van der Waals surface area (Å²) in [4.78, 5) is 25.0. The van der Waals surface area contributed by atoms with Crippen molar-refractivity contribution < 1.29 is 14.3 Å². The summed E-state index contributed by atoms with van der Waals surface area (Å²) < 4.78 is 4.97. The molecule has 1 saturated heterocycles. The van der Waals surface area contributed by atoms with E-state index in [1.807, 2.05) is 6.92 Å². The molecule has 0 bridgehead atoms. The molecule has 1 heterocycles. The minimum absolute atomic E-state index is 0.0691. The van der Waals surface area contributed by atoms with Crippen molar-refractivity contribution in [2.45, 2.75) is 32.4 Å². The summed E-state index contributed by atoms with van der Waals surface area (Å²) in [6.07, 6.45) is 0.151. The number of carbonyl (C=O) groups is 2. The van der Waals surface area contributed by atoms with E-state index in [4.69, 9.17) is 4.74 Å². The van der Waals surface area contributed by atoms with Crippen LogP contribution < -0.4 is 5.32 Å². The molecule has 1 aliphatic rings. The van der Waals surface area contributed by atoms with Gasteiger partial charge < -0.3 is 15.0 Å². The maximum absolute atomic E-state index is 11.9. The molecule has 0 saturated carbocycles. The second-order valence-corrected chi connectivity index (χ2v) is 3.62. The molecule has 2 atom stereocenters. The van der Waals surface area contributed by atoms with Crippen LogP contribution >= 0.6 is 0 Å². The van der Waals surface area contributed by atoms with Gasteiger partial charge >= 0.3 is 0 Å². The van der Waals surface area contributed by atoms with Gasteiger partial charge in [0.05, 0.1) is 0 Å². The third kappa shape index (κ3) is 2.47. The molecule has 0 aromatic carbocycles. The smallest absolute Gasteiger partial charge is 0.252 e. The predicted octanol–water partition coefficient (Wildman–Crippen LogP) is -0.242. The van der Waals surface area contributed by atoms with E-state index in [0.717, 1.165) is 0 Å². The van der Waals surface area contributed by atoms with Gasteiger partial charge in [0.2, 0.25) is 5.91 Å². The molecule has 5 heteroatoms. The first-order valence-corrected chi connectivity index (χ1v) is 5.22. The molecule has 15 heavy (non-hydrogen) atoms. The van der Waals surface area contributed by atoms with E-state index in [1.54, 1.807) is 11.8 Å². The van der Waals surface area contributed by atoms with Gasteiger partial charge in [-0.2, -0.15) is 0 Å². The number of hydrogen-bond acceptors (Lipinski definition) is 3. The van der Waals surface area contributed by atoms with Crippen molar-refractivity contribution in [1.29, 1.82) is 0 Å². The van der Waals surface area contributed by atoms with Crippen LogP contribution in [0.4, 0.5) is 0 Å². The lowest BCUT2D eigenvalue weighted by molar-refractivity contribution is -0.150. The zero-order valence-electron chi connectivity index (χ0n) is 9.45. The fourth-order valence-corrected chi connectivity index (χ4v) is 1.72. The van der Waals surface area contributed by atoms with E-state index in [-0.39, 0.29) is 17.9 Å². The van der Waals surface area contributed by atoms with Crippen LogP contribution in [0, 0.1) is 0 Å². The highest BCUT2D eigenvalue weighted by Gasteiger charge is 2.33. The maximum atomic E-state index is 11.9. The van der Waals surface area contributed by atoms with Crippen LogP contribution in [0.3, 0.4) is 0 Å². The molecule has 86 valence electrons. The number of carbonyl (C=O) groups excluding carboxylic acids is 2. The lowest BCUT2D eigenvalue weighted by Gasteiger charge is -2.35. The van der Waals surface area contributed by atoms with E-state index in [9.17, 15) is 9.59 Å². The van der Waals surface area contributed by atoms with Gasteiger partial charge in [-0.05, 0) is 13.3 Å². The van der Waals surface area contributed by atoms with E-state index >= 15 is 0 Å². The van der Waals surface area contributed by atoms with Crippen molar-refractivity contribution >= 4 is 11.8 Å². The van der Waals surface area contributed by atoms with Gasteiger partial charge in [-0.15, -0.1) is 0 Å². The first-order valence-electron chi connectivity index (χ1n) is 5.22. The molecular weight excluding hydrogens is 196 g/mol. The Kier molecular flexibility index (Phi) is 4.08. The monoisotopic (exact) mass is 214 g/mol. The lowest BCUT2D eigenvalue weighted by atomic mass is 10.1. The third-order valence-electron chi connectivity index (χ3n) is 2.70. The molecule has 0 aromatic rings. The van der Waals surface area contributed by atoms with Gasteiger partial charge in [-0.1, -0.05) is 6.92 Å². The second-order valence-electron chi connectivity index (χ2n) is 3.62. The van der Waals surface area contributed by atoms with Crippen LogP contribution in [0.15, 0.2) is 0 Å². The topological polar surface area (TPSA) is 58.6 Å². The number of methoxy groups -OCH3 is 1. The van der Waals surface area contributed by atoms with E-state index in [1.165, 1.54) is 7.11 Å². The third-order valence-corrected chi connectivity index (χ3v) is 2.70. The average Bonchev–Trinajstić information content (AvgIpc) is 2.26. The highest BCUT2D eigenvalue weighted by Crippen LogP contribution is 2.11. The number of nitrogens with one attached hydrogen (secondary N) is 1. The summed E-state index contributed by atoms with van der Waals surface area (Å²) in [5.74, 6) is -0.181. The predicted molar refractivity (Wildman–Crippen MR) is 55.3 cm³/mol. The Hall–Kier alpha value is -1.10. The quantitative estimate of drug-likeness (QED) is 0.705. The Bertz CT molecular complexity index is 255. The van der Waals surface area contributed by atoms with Gasteiger partial charge in [0.1, 0.15) is 12.1 Å². The van der Waals surface area contributed by atoms with Crippen LogP contribution in [0.2, 0.25) is 0 Å². The molecule has 0 aromatic heterocycles. The van der Waals surface area contributed by atoms with Crippen molar-refractivity contribution in [3.05, 3.63) is 0 Å². The molecule has 2 amide bonds. The van der Waals surface area contributed by atoms with E-state index < -0.39 is 6.10 Å². The Labute approximate surface area is 89.8 Å². The summed E-state index contributed by atoms with van der Waals surface area (Å²) >= 11 is 0. The summed E-state index contributed by atoms with van der Waals surface area (Å²) in [5.41, 5.74) is 0. The molecule has 2 unspecified atom stereocenters. The zero-order chi connectivity index (χ0) is 11.4. The molecule has 1 N–H and O–H groups in total. The molecule has 1 rings (SSSR count). The standard InChI is InChI=1S/C10H18N2O3/c1-4-8-9(13)11-5-6-12(8)10(14)7(2)15-3/h7-8H,4-6H2,1-3H3,(H,11,13). The summed E-state index contributed by atoms with van der Waals surface area (Å²) in [6.45, 7) is 4.68. The van der Waals surface area contributed by atoms with E-state index in [2.05, 4.69) is 5.32 Å². The van der Waals surface area contributed by atoms with Crippen LogP contribution in [-0.2, 0) is 14.3 Å². The normalized spacial score (nSPS) is 23.5. The van der Waals surface area contributed by atoms with Crippen molar-refractivity contribution in [3.8, 4) is 0 Å². The molecule has 0 spiro atoms. The maximum Gasteiger partial charge on any atom is 0.252 e. The van der Waals surface area contributed by atoms with E-state index in [0.29, 0.717) is 19.5 Å². The Morgan fingerprint density at radius 2 is 2.40 bits per heavy atom. The first kappa shape index (κ1) is 12.0. The van der Waals surface area contributed by atoms with Gasteiger partial charge in [-0.3, -0.25) is 9.59 Å². The van der Waals surface area contributed by atoms with Crippen LogP contribution in [0.1, 0.15) is 20.3 Å². The van der Waals surface area contributed by atoms with Gasteiger partial charge in [-0.25, -0.2) is 0 Å². The van der Waals surface area contributed by atoms with Crippen LogP contribution in [-0.4, -0.2) is 49.1 Å². The number of ether oxygens (including phenoxy) is 1. The SMILES string of the molecule is CCC1C(=O)NCCN1C(=O)C(C)OC. The molecule has 1 aliphatic heterocycles. The minimum atomic E-state index is -0.482. The highest BCUT2D eigenvalue weighted by atomic mass is 16.5. The zero-order valence-corrected chi connectivity index (χ0v) is 9.45. The highest BCUT2D eigenvalue weighted by molar-refractivity contribution is 5.90. The largest absolute Gasteiger partial charge is 0.372 e. The van der Waals surface area contributed by atoms with Crippen molar-refractivity contribution in [2.75, 3.05) is 20.2 Å². The van der Waals surface area contributed by atoms with Crippen molar-refractivity contribution in [1.82, 2.24) is 10.2 Å². The Balaban J connectivity index is 2.73. The van der Waals surface area contributed by atoms with Crippen molar-refractivity contribution in [2.24, 2.45) is 0 Å². The van der Waals surface area contributed by atoms with Crippen LogP contribution in [0.25, 0.3) is 0 Å². The number of rotatable bonds is 3. The fraction of sp³-hybridized carbons (Fsp3) is 0.800. The molecular formula is C10H18N2O3. The first-order chi connectivity index (χ1) is 7.11. The summed E-state index contributed by atoms with van der Waals surface area (Å²) in [5, 5.41) is 2.75. The Morgan fingerprint density at radius 3 is 2.93 bits per heavy atom. The molecule has 0 aliphatic carbocycles. The number of piperazine rings is 1. The molecule has 1 fully saturated rings. The molecule has 0 radical (unpaired) electrons. The van der Waals surface area contributed by atoms with Gasteiger partial charge in [0.15, 0.2) is 0 Å². The fourth-order valence-electron chi connectivity index (χ4n) is 1.72. The van der Waals surface area contributed by atoms with Gasteiger partial charge in [0, 0.05) is 20.2 Å². The van der Waals surface area contributed by atoms with Crippen LogP contribution in [0.5, 0.6) is 0 Å². The summed E-state index contributed by atoms with van der Waals surface area (Å²) in [6, 6.07) is -0.344. The number of nitrogens with zero attached hydrogens (tertiary/aromatic N) is 1. The summed E-state index contributed by atoms with van der Waals surface area (Å²) in [7, 11) is 1.49. The average molecular weight is 214 g/mol. The molecule has 5 nitrogen and oxygen atoms in total. The Morgan fingerprint density at radius 1 is 1.73 bits per heavy atom.